The lowest BCUT2D eigenvalue weighted by Crippen LogP contribution is -2.31. The Kier molecular flexibility index (Phi) is 5.84. The average molecular weight is 563 g/mol. The van der Waals surface area contributed by atoms with Crippen LogP contribution in [0, 0.1) is 5.92 Å². The Balaban J connectivity index is 1.41. The summed E-state index contributed by atoms with van der Waals surface area (Å²) in [7, 11) is 0. The molecule has 1 unspecified atom stereocenters. The molecule has 1 aliphatic rings. The first-order valence-electron chi connectivity index (χ1n) is 11.1. The molecule has 1 aliphatic carbocycles. The fourth-order valence-electron chi connectivity index (χ4n) is 4.39. The molecule has 1 fully saturated rings. The fraction of sp³-hybridized carbons (Fsp3) is 0.375. The number of alkyl halides is 3. The molecule has 1 atom stereocenters. The summed E-state index contributed by atoms with van der Waals surface area (Å²) in [5, 5.41) is 11.2. The Hall–Kier alpha value is -2.56. The second-order valence-electron chi connectivity index (χ2n) is 8.69. The van der Waals surface area contributed by atoms with E-state index in [4.69, 9.17) is 4.98 Å². The van der Waals surface area contributed by atoms with Gasteiger partial charge in [-0.25, -0.2) is 13.8 Å². The highest BCUT2D eigenvalue weighted by Gasteiger charge is 2.37. The summed E-state index contributed by atoms with van der Waals surface area (Å²) in [6, 6.07) is 11.7. The summed E-state index contributed by atoms with van der Waals surface area (Å²) in [6.07, 6.45) is 0.986. The number of imidazole rings is 1. The van der Waals surface area contributed by atoms with Gasteiger partial charge in [0.25, 0.3) is 0 Å². The van der Waals surface area contributed by atoms with Crippen molar-refractivity contribution >= 4 is 56.1 Å². The number of hydrogen-bond donors (Lipinski definition) is 3. The molecule has 0 spiro atoms. The van der Waals surface area contributed by atoms with Gasteiger partial charge in [0.05, 0.1) is 16.6 Å². The first-order valence-corrected chi connectivity index (χ1v) is 12.4. The van der Waals surface area contributed by atoms with Crippen molar-refractivity contribution in [2.45, 2.75) is 48.9 Å². The summed E-state index contributed by atoms with van der Waals surface area (Å²) in [5.41, 5.74) is 5.16. The van der Waals surface area contributed by atoms with Crippen molar-refractivity contribution < 1.29 is 13.6 Å². The Morgan fingerprint density at radius 3 is 2.76 bits per heavy atom. The van der Waals surface area contributed by atoms with Crippen LogP contribution in [-0.2, 0) is 4.79 Å². The minimum Gasteiger partial charge on any atom is -0.337 e. The van der Waals surface area contributed by atoms with Gasteiger partial charge >= 0.3 is 0 Å². The third-order valence-corrected chi connectivity index (χ3v) is 7.97. The molecule has 1 amide bonds. The zero-order valence-electron chi connectivity index (χ0n) is 18.1. The van der Waals surface area contributed by atoms with Crippen LogP contribution in [0.15, 0.2) is 36.4 Å². The van der Waals surface area contributed by atoms with E-state index < -0.39 is 11.8 Å². The van der Waals surface area contributed by atoms with Crippen molar-refractivity contribution in [1.29, 1.82) is 0 Å². The molecule has 0 aliphatic heterocycles. The van der Waals surface area contributed by atoms with Crippen LogP contribution in [0.2, 0.25) is 0 Å². The zero-order valence-corrected chi connectivity index (χ0v) is 20.2. The minimum atomic E-state index is -2.65. The molecule has 6 nitrogen and oxygen atoms in total. The number of fused-ring (bicyclic) bond motifs is 2. The normalized spacial score (nSPS) is 17.5. The monoisotopic (exact) mass is 563 g/mol. The maximum atomic E-state index is 13.4. The predicted octanol–water partition coefficient (Wildman–Crippen LogP) is 6.76. The van der Waals surface area contributed by atoms with Gasteiger partial charge in [-0.15, -0.1) is 0 Å². The Morgan fingerprint density at radius 2 is 2.00 bits per heavy atom. The van der Waals surface area contributed by atoms with Gasteiger partial charge in [0, 0.05) is 33.8 Å². The minimum absolute atomic E-state index is 0.203. The lowest BCUT2D eigenvalue weighted by molar-refractivity contribution is -0.124. The summed E-state index contributed by atoms with van der Waals surface area (Å²) >= 11 is 2.44. The quantitative estimate of drug-likeness (QED) is 0.185. The number of amides is 1. The summed E-state index contributed by atoms with van der Waals surface area (Å²) in [4.78, 5) is 20.7. The SMILES string of the molecule is CCC(I)c1ccc2nc(-c3n[nH]c4ccc(NC(=O)C5CCC(F)(F)CC5)cc34)[nH]c2c1. The van der Waals surface area contributed by atoms with E-state index in [1.165, 1.54) is 5.56 Å². The van der Waals surface area contributed by atoms with Crippen LogP contribution < -0.4 is 5.32 Å². The van der Waals surface area contributed by atoms with Crippen molar-refractivity contribution in [1.82, 2.24) is 20.2 Å². The van der Waals surface area contributed by atoms with Crippen molar-refractivity contribution in [2.75, 3.05) is 5.32 Å². The van der Waals surface area contributed by atoms with Gasteiger partial charge in [0.1, 0.15) is 5.69 Å². The number of nitrogens with one attached hydrogen (secondary N) is 3. The smallest absolute Gasteiger partial charge is 0.248 e. The first kappa shape index (κ1) is 22.2. The number of nitrogens with zero attached hydrogens (tertiary/aromatic N) is 2. The highest BCUT2D eigenvalue weighted by molar-refractivity contribution is 14.1. The maximum Gasteiger partial charge on any atom is 0.248 e. The number of benzene rings is 2. The van der Waals surface area contributed by atoms with E-state index in [-0.39, 0.29) is 31.6 Å². The molecular weight excluding hydrogens is 539 g/mol. The maximum absolute atomic E-state index is 13.4. The molecule has 0 radical (unpaired) electrons. The molecule has 2 aromatic carbocycles. The number of anilines is 1. The van der Waals surface area contributed by atoms with Crippen LogP contribution in [0.5, 0.6) is 0 Å². The number of aromatic amines is 2. The summed E-state index contributed by atoms with van der Waals surface area (Å²) in [6.45, 7) is 2.16. The van der Waals surface area contributed by atoms with Crippen molar-refractivity contribution in [3.8, 4) is 11.5 Å². The zero-order chi connectivity index (χ0) is 23.2. The molecule has 3 N–H and O–H groups in total. The van der Waals surface area contributed by atoms with E-state index >= 15 is 0 Å². The van der Waals surface area contributed by atoms with E-state index in [0.717, 1.165) is 28.4 Å². The summed E-state index contributed by atoms with van der Waals surface area (Å²) < 4.78 is 27.3. The average Bonchev–Trinajstić information content (AvgIpc) is 3.41. The van der Waals surface area contributed by atoms with Gasteiger partial charge in [-0.2, -0.15) is 5.10 Å². The van der Waals surface area contributed by atoms with Crippen LogP contribution in [0.25, 0.3) is 33.5 Å². The van der Waals surface area contributed by atoms with Crippen LogP contribution in [0.1, 0.15) is 48.5 Å². The highest BCUT2D eigenvalue weighted by atomic mass is 127. The van der Waals surface area contributed by atoms with E-state index in [0.29, 0.717) is 21.1 Å². The number of hydrogen-bond acceptors (Lipinski definition) is 3. The van der Waals surface area contributed by atoms with E-state index in [1.807, 2.05) is 18.2 Å². The number of rotatable bonds is 5. The van der Waals surface area contributed by atoms with Crippen LogP contribution in [0.4, 0.5) is 14.5 Å². The number of halogens is 3. The second kappa shape index (κ2) is 8.66. The summed E-state index contributed by atoms with van der Waals surface area (Å²) in [5.74, 6) is -2.61. The van der Waals surface area contributed by atoms with Crippen LogP contribution >= 0.6 is 22.6 Å². The molecule has 33 heavy (non-hydrogen) atoms. The Morgan fingerprint density at radius 1 is 1.21 bits per heavy atom. The van der Waals surface area contributed by atoms with Gasteiger partial charge in [-0.05, 0) is 55.2 Å². The first-order chi connectivity index (χ1) is 15.8. The lowest BCUT2D eigenvalue weighted by atomic mass is 9.86. The molecular formula is C24H24F2IN5O. The molecule has 0 bridgehead atoms. The standard InChI is InChI=1S/C24H24F2IN5O/c1-2-17(27)14-3-5-19-20(11-14)30-22(29-19)21-16-12-15(4-6-18(16)31-32-21)28-23(33)13-7-9-24(25,26)10-8-13/h3-6,11-13,17H,2,7-10H2,1H3,(H,28,33)(H,29,30)(H,31,32). The highest BCUT2D eigenvalue weighted by Crippen LogP contribution is 2.37. The molecule has 0 saturated heterocycles. The predicted molar refractivity (Wildman–Crippen MR) is 134 cm³/mol. The van der Waals surface area contributed by atoms with E-state index in [9.17, 15) is 13.6 Å². The molecule has 172 valence electrons. The molecule has 2 heterocycles. The van der Waals surface area contributed by atoms with Gasteiger partial charge in [-0.3, -0.25) is 9.89 Å². The Labute approximate surface area is 203 Å². The molecule has 2 aromatic heterocycles. The third-order valence-electron chi connectivity index (χ3n) is 6.37. The second-order valence-corrected chi connectivity index (χ2v) is 10.2. The number of aromatic nitrogens is 4. The van der Waals surface area contributed by atoms with Crippen molar-refractivity contribution in [3.63, 3.8) is 0 Å². The number of carbonyl (C=O) groups excluding carboxylic acids is 1. The van der Waals surface area contributed by atoms with Crippen LogP contribution in [-0.4, -0.2) is 32.0 Å². The molecule has 4 aromatic rings. The van der Waals surface area contributed by atoms with Crippen LogP contribution in [0.3, 0.4) is 0 Å². The Bertz CT molecular complexity index is 1320. The fourth-order valence-corrected chi connectivity index (χ4v) is 4.78. The molecule has 5 rings (SSSR count). The lowest BCUT2D eigenvalue weighted by Gasteiger charge is -2.27. The largest absolute Gasteiger partial charge is 0.337 e. The number of H-pyrrole nitrogens is 2. The van der Waals surface area contributed by atoms with Gasteiger partial charge < -0.3 is 10.3 Å². The van der Waals surface area contributed by atoms with Crippen molar-refractivity contribution in [2.24, 2.45) is 5.92 Å². The van der Waals surface area contributed by atoms with Gasteiger partial charge in [-0.1, -0.05) is 35.6 Å². The third kappa shape index (κ3) is 4.47. The molecule has 9 heteroatoms. The van der Waals surface area contributed by atoms with E-state index in [2.05, 4.69) is 62.1 Å². The van der Waals surface area contributed by atoms with Gasteiger partial charge in [0.2, 0.25) is 11.8 Å². The number of carbonyl (C=O) groups is 1. The topological polar surface area (TPSA) is 86.5 Å². The van der Waals surface area contributed by atoms with Gasteiger partial charge in [0.15, 0.2) is 5.82 Å². The molecule has 1 saturated carbocycles. The van der Waals surface area contributed by atoms with E-state index in [1.54, 1.807) is 6.07 Å². The van der Waals surface area contributed by atoms with Crippen molar-refractivity contribution in [3.05, 3.63) is 42.0 Å².